The van der Waals surface area contributed by atoms with Gasteiger partial charge in [0.1, 0.15) is 6.54 Å². The van der Waals surface area contributed by atoms with E-state index in [9.17, 15) is 19.6 Å². The van der Waals surface area contributed by atoms with Crippen molar-refractivity contribution < 1.29 is 14.4 Å². The van der Waals surface area contributed by atoms with Crippen molar-refractivity contribution in [3.63, 3.8) is 0 Å². The molecule has 4 aromatic rings. The number of carbonyl (C=O) groups is 3. The second-order valence-corrected chi connectivity index (χ2v) is 10.6. The second-order valence-electron chi connectivity index (χ2n) is 9.60. The lowest BCUT2D eigenvalue weighted by molar-refractivity contribution is -0.136. The van der Waals surface area contributed by atoms with Crippen LogP contribution < -0.4 is 0 Å². The Morgan fingerprint density at radius 1 is 0.974 bits per heavy atom. The van der Waals surface area contributed by atoms with Crippen LogP contribution in [0.3, 0.4) is 0 Å². The number of imide groups is 1. The first-order valence-corrected chi connectivity index (χ1v) is 13.5. The van der Waals surface area contributed by atoms with Gasteiger partial charge in [-0.15, -0.1) is 0 Å². The average molecular weight is 533 g/mol. The van der Waals surface area contributed by atoms with E-state index < -0.39 is 11.1 Å². The second kappa shape index (κ2) is 10.3. The molecule has 3 heterocycles. The Balaban J connectivity index is 1.23. The molecule has 2 aliphatic heterocycles. The number of rotatable bonds is 5. The Morgan fingerprint density at radius 2 is 1.72 bits per heavy atom. The van der Waals surface area contributed by atoms with Crippen molar-refractivity contribution >= 4 is 45.8 Å². The number of para-hydroxylation sites is 1. The van der Waals surface area contributed by atoms with Gasteiger partial charge in [-0.2, -0.15) is 5.26 Å². The van der Waals surface area contributed by atoms with E-state index in [1.54, 1.807) is 17.0 Å². The van der Waals surface area contributed by atoms with E-state index in [2.05, 4.69) is 12.1 Å². The number of hydrogen-bond donors (Lipinski definition) is 0. The summed E-state index contributed by atoms with van der Waals surface area (Å²) in [5.41, 5.74) is 5.58. The lowest BCUT2D eigenvalue weighted by Gasteiger charge is -2.29. The van der Waals surface area contributed by atoms with Crippen molar-refractivity contribution in [3.8, 4) is 6.07 Å². The maximum absolute atomic E-state index is 13.3. The average Bonchev–Trinajstić information content (AvgIpc) is 3.44. The lowest BCUT2D eigenvalue weighted by atomic mass is 10.00. The molecule has 1 fully saturated rings. The number of benzene rings is 3. The summed E-state index contributed by atoms with van der Waals surface area (Å²) < 4.78 is 2.04. The highest BCUT2D eigenvalue weighted by atomic mass is 32.2. The molecule has 192 valence electrons. The Morgan fingerprint density at radius 3 is 2.56 bits per heavy atom. The van der Waals surface area contributed by atoms with E-state index in [-0.39, 0.29) is 17.4 Å². The highest BCUT2D eigenvalue weighted by Gasteiger charge is 2.37. The molecule has 1 saturated heterocycles. The van der Waals surface area contributed by atoms with E-state index >= 15 is 0 Å². The van der Waals surface area contributed by atoms with E-state index in [4.69, 9.17) is 0 Å². The molecule has 0 unspecified atom stereocenters. The molecule has 0 atom stereocenters. The van der Waals surface area contributed by atoms with E-state index in [0.717, 1.165) is 50.7 Å². The number of aromatic nitrogens is 1. The van der Waals surface area contributed by atoms with E-state index in [1.165, 1.54) is 5.56 Å². The largest absolute Gasteiger partial charge is 0.342 e. The van der Waals surface area contributed by atoms with Gasteiger partial charge >= 0.3 is 0 Å². The zero-order valence-corrected chi connectivity index (χ0v) is 21.9. The van der Waals surface area contributed by atoms with Gasteiger partial charge < -0.3 is 9.47 Å². The number of fused-ring (bicyclic) bond motifs is 2. The first kappa shape index (κ1) is 24.7. The third kappa shape index (κ3) is 4.73. The SMILES string of the molecule is N#Cc1ccccc1Cn1cc(/C=C2\SC(=O)N(CC(=O)N3CCc4ccccc4C3)C2=O)c2ccccc21. The summed E-state index contributed by atoms with van der Waals surface area (Å²) in [6.45, 7) is 1.27. The van der Waals surface area contributed by atoms with Crippen LogP contribution in [0.15, 0.2) is 83.9 Å². The zero-order chi connectivity index (χ0) is 26.9. The van der Waals surface area contributed by atoms with Gasteiger partial charge in [0.25, 0.3) is 11.1 Å². The quantitative estimate of drug-likeness (QED) is 0.331. The fourth-order valence-electron chi connectivity index (χ4n) is 5.19. The minimum Gasteiger partial charge on any atom is -0.342 e. The molecule has 1 aromatic heterocycles. The summed E-state index contributed by atoms with van der Waals surface area (Å²) >= 11 is 0.857. The molecule has 2 aliphatic rings. The first-order chi connectivity index (χ1) is 19.0. The third-order valence-electron chi connectivity index (χ3n) is 7.23. The Bertz CT molecular complexity index is 1710. The van der Waals surface area contributed by atoms with E-state index in [0.29, 0.717) is 25.2 Å². The molecular formula is C31H24N4O3S. The Hall–Kier alpha value is -4.61. The highest BCUT2D eigenvalue weighted by molar-refractivity contribution is 8.18. The molecule has 8 heteroatoms. The molecule has 0 saturated carbocycles. The predicted molar refractivity (Wildman–Crippen MR) is 150 cm³/mol. The van der Waals surface area contributed by atoms with Crippen molar-refractivity contribution in [2.45, 2.75) is 19.5 Å². The molecule has 0 N–H and O–H groups in total. The summed E-state index contributed by atoms with van der Waals surface area (Å²) in [6, 6.07) is 25.5. The number of hydrogen-bond acceptors (Lipinski definition) is 5. The van der Waals surface area contributed by atoms with Crippen LogP contribution >= 0.6 is 11.8 Å². The van der Waals surface area contributed by atoms with Crippen LogP contribution in [0, 0.1) is 11.3 Å². The van der Waals surface area contributed by atoms with E-state index in [1.807, 2.05) is 71.4 Å². The lowest BCUT2D eigenvalue weighted by Crippen LogP contribution is -2.44. The van der Waals surface area contributed by atoms with Crippen LogP contribution in [0.4, 0.5) is 4.79 Å². The molecular weight excluding hydrogens is 508 g/mol. The van der Waals surface area contributed by atoms with Crippen LogP contribution in [0.5, 0.6) is 0 Å². The number of nitrogens with zero attached hydrogens (tertiary/aromatic N) is 4. The molecule has 6 rings (SSSR count). The number of nitriles is 1. The van der Waals surface area contributed by atoms with Crippen molar-refractivity contribution in [2.75, 3.05) is 13.1 Å². The molecule has 0 bridgehead atoms. The maximum atomic E-state index is 13.3. The fraction of sp³-hybridized carbons (Fsp3) is 0.161. The summed E-state index contributed by atoms with van der Waals surface area (Å²) in [6.07, 6.45) is 4.41. The first-order valence-electron chi connectivity index (χ1n) is 12.7. The Kier molecular flexibility index (Phi) is 6.51. The van der Waals surface area contributed by atoms with Gasteiger partial charge in [-0.3, -0.25) is 19.3 Å². The van der Waals surface area contributed by atoms with Crippen molar-refractivity contribution in [3.05, 3.63) is 112 Å². The van der Waals surface area contributed by atoms with Crippen LogP contribution in [0.2, 0.25) is 0 Å². The van der Waals surface area contributed by atoms with Gasteiger partial charge in [0, 0.05) is 42.3 Å². The zero-order valence-electron chi connectivity index (χ0n) is 21.0. The highest BCUT2D eigenvalue weighted by Crippen LogP contribution is 2.34. The summed E-state index contributed by atoms with van der Waals surface area (Å²) in [5.74, 6) is -0.691. The minimum atomic E-state index is -0.456. The predicted octanol–water partition coefficient (Wildman–Crippen LogP) is 5.18. The summed E-state index contributed by atoms with van der Waals surface area (Å²) in [4.78, 5) is 42.2. The summed E-state index contributed by atoms with van der Waals surface area (Å²) in [5, 5.41) is 9.99. The van der Waals surface area contributed by atoms with Gasteiger partial charge in [-0.25, -0.2) is 0 Å². The molecule has 7 nitrogen and oxygen atoms in total. The molecule has 3 aromatic carbocycles. The normalized spacial score (nSPS) is 16.1. The van der Waals surface area contributed by atoms with Gasteiger partial charge in [-0.05, 0) is 53.1 Å². The maximum Gasteiger partial charge on any atom is 0.294 e. The van der Waals surface area contributed by atoms with Gasteiger partial charge in [0.15, 0.2) is 0 Å². The van der Waals surface area contributed by atoms with Gasteiger partial charge in [0.2, 0.25) is 5.91 Å². The molecule has 0 radical (unpaired) electrons. The van der Waals surface area contributed by atoms with Gasteiger partial charge in [-0.1, -0.05) is 60.7 Å². The standard InChI is InChI=1S/C31H24N4O3S/c32-16-22-8-2-4-10-24(22)18-34-19-25(26-11-5-6-12-27(26)34)15-28-30(37)35(31(38)39-28)20-29(36)33-14-13-21-7-1-3-9-23(21)17-33/h1-12,15,19H,13-14,17-18,20H2/b28-15-. The van der Waals surface area contributed by atoms with Crippen LogP contribution in [-0.4, -0.2) is 44.5 Å². The van der Waals surface area contributed by atoms with Gasteiger partial charge in [0.05, 0.1) is 16.5 Å². The van der Waals surface area contributed by atoms with Crippen LogP contribution in [-0.2, 0) is 29.1 Å². The molecule has 39 heavy (non-hydrogen) atoms. The smallest absolute Gasteiger partial charge is 0.294 e. The van der Waals surface area contributed by atoms with Crippen molar-refractivity contribution in [1.29, 1.82) is 5.26 Å². The minimum absolute atomic E-state index is 0.235. The molecule has 0 aliphatic carbocycles. The van der Waals surface area contributed by atoms with Crippen LogP contribution in [0.25, 0.3) is 17.0 Å². The van der Waals surface area contributed by atoms with Crippen molar-refractivity contribution in [2.24, 2.45) is 0 Å². The topological polar surface area (TPSA) is 86.4 Å². The Labute approximate surface area is 229 Å². The fourth-order valence-corrected chi connectivity index (χ4v) is 6.02. The number of thioether (sulfide) groups is 1. The summed E-state index contributed by atoms with van der Waals surface area (Å²) in [7, 11) is 0. The van der Waals surface area contributed by atoms with Crippen molar-refractivity contribution in [1.82, 2.24) is 14.4 Å². The molecule has 0 spiro atoms. The number of carbonyl (C=O) groups excluding carboxylic acids is 3. The third-order valence-corrected chi connectivity index (χ3v) is 8.14. The monoisotopic (exact) mass is 532 g/mol. The molecule has 3 amide bonds. The van der Waals surface area contributed by atoms with Crippen LogP contribution in [0.1, 0.15) is 27.8 Å². The number of amides is 3.